The second-order valence-electron chi connectivity index (χ2n) is 11.8. The number of carbonyl (C=O) groups excluding carboxylic acids is 3. The highest BCUT2D eigenvalue weighted by Crippen LogP contribution is 2.32. The van der Waals surface area contributed by atoms with E-state index in [9.17, 15) is 24.6 Å². The molecule has 47 heavy (non-hydrogen) atoms. The number of piperazine rings is 1. The van der Waals surface area contributed by atoms with Crippen molar-refractivity contribution < 1.29 is 24.6 Å². The van der Waals surface area contributed by atoms with Crippen molar-refractivity contribution >= 4 is 17.7 Å². The van der Waals surface area contributed by atoms with Crippen LogP contribution in [0, 0.1) is 0 Å². The molecule has 10 heteroatoms. The van der Waals surface area contributed by atoms with E-state index < -0.39 is 12.2 Å². The lowest BCUT2D eigenvalue weighted by molar-refractivity contribution is -0.205. The number of nitrogens with zero attached hydrogens (tertiary/aromatic N) is 5. The number of aryl methyl sites for hydroxylation is 1. The number of amides is 3. The predicted octanol–water partition coefficient (Wildman–Crippen LogP) is 4.15. The predicted molar refractivity (Wildman–Crippen MR) is 176 cm³/mol. The summed E-state index contributed by atoms with van der Waals surface area (Å²) in [5, 5.41) is 23.1. The molecule has 2 saturated heterocycles. The van der Waals surface area contributed by atoms with Crippen LogP contribution in [-0.2, 0) is 33.8 Å². The Bertz CT molecular complexity index is 1750. The van der Waals surface area contributed by atoms with Crippen LogP contribution in [0.4, 0.5) is 0 Å². The van der Waals surface area contributed by atoms with Crippen LogP contribution < -0.4 is 0 Å². The molecule has 4 aromatic rings. The standard InChI is InChI=1S/C37H37N5O5/c1-2-21-40-25-35(46)41-32(22-27-10-15-30(43)16-11-27)37(47)39(23-29-9-6-20-38-36(29)28-13-17-31(44)18-14-28)24-33(41)42(40)34(45)19-12-26-7-4-3-5-8-26/h2-11,13-18,20,32-33,43-44H,1,12,19,21-25H2/t32-,33-/m0/s1. The van der Waals surface area contributed by atoms with Gasteiger partial charge in [0, 0.05) is 37.7 Å². The Balaban J connectivity index is 1.37. The molecule has 0 saturated carbocycles. The van der Waals surface area contributed by atoms with E-state index in [1.54, 1.807) is 80.6 Å². The van der Waals surface area contributed by atoms with E-state index >= 15 is 0 Å². The minimum atomic E-state index is -0.880. The molecule has 0 radical (unpaired) electrons. The summed E-state index contributed by atoms with van der Waals surface area (Å²) in [6.07, 6.45) is 3.57. The van der Waals surface area contributed by atoms with Crippen molar-refractivity contribution in [3.63, 3.8) is 0 Å². The maximum atomic E-state index is 14.4. The Morgan fingerprint density at radius 1 is 0.894 bits per heavy atom. The lowest BCUT2D eigenvalue weighted by Crippen LogP contribution is -2.75. The van der Waals surface area contributed by atoms with Crippen LogP contribution in [0.5, 0.6) is 11.5 Å². The number of hydrogen-bond donors (Lipinski definition) is 2. The highest BCUT2D eigenvalue weighted by Gasteiger charge is 2.51. The number of phenols is 2. The molecular formula is C37H37N5O5. The molecule has 0 unspecified atom stereocenters. The number of hydrogen-bond acceptors (Lipinski definition) is 7. The number of hydrazine groups is 1. The smallest absolute Gasteiger partial charge is 0.246 e. The third-order valence-corrected chi connectivity index (χ3v) is 8.65. The number of phenolic OH excluding ortho intramolecular Hbond substituents is 2. The van der Waals surface area contributed by atoms with E-state index in [0.717, 1.165) is 22.3 Å². The topological polar surface area (TPSA) is 118 Å². The Labute approximate surface area is 273 Å². The second kappa shape index (κ2) is 13.9. The van der Waals surface area contributed by atoms with Crippen LogP contribution >= 0.6 is 0 Å². The monoisotopic (exact) mass is 631 g/mol. The fourth-order valence-corrected chi connectivity index (χ4v) is 6.42. The van der Waals surface area contributed by atoms with Gasteiger partial charge in [-0.3, -0.25) is 19.4 Å². The number of aromatic nitrogens is 1. The van der Waals surface area contributed by atoms with Crippen molar-refractivity contribution in [1.29, 1.82) is 0 Å². The first-order chi connectivity index (χ1) is 22.8. The maximum absolute atomic E-state index is 14.4. The average molecular weight is 632 g/mol. The van der Waals surface area contributed by atoms with Gasteiger partial charge in [-0.05, 0) is 65.6 Å². The van der Waals surface area contributed by atoms with Crippen molar-refractivity contribution in [2.75, 3.05) is 19.6 Å². The van der Waals surface area contributed by atoms with Crippen molar-refractivity contribution in [2.24, 2.45) is 0 Å². The Hall–Kier alpha value is -5.48. The van der Waals surface area contributed by atoms with E-state index in [1.807, 2.05) is 42.5 Å². The molecule has 2 fully saturated rings. The third kappa shape index (κ3) is 6.87. The summed E-state index contributed by atoms with van der Waals surface area (Å²) >= 11 is 0. The van der Waals surface area contributed by atoms with Gasteiger partial charge in [0.25, 0.3) is 0 Å². The number of fused-ring (bicyclic) bond motifs is 1. The van der Waals surface area contributed by atoms with Gasteiger partial charge < -0.3 is 20.0 Å². The van der Waals surface area contributed by atoms with Crippen molar-refractivity contribution in [3.8, 4) is 22.8 Å². The maximum Gasteiger partial charge on any atom is 0.246 e. The van der Waals surface area contributed by atoms with Gasteiger partial charge in [-0.15, -0.1) is 6.58 Å². The lowest BCUT2D eigenvalue weighted by atomic mass is 9.97. The first kappa shape index (κ1) is 31.5. The van der Waals surface area contributed by atoms with Crippen LogP contribution in [0.25, 0.3) is 11.3 Å². The van der Waals surface area contributed by atoms with Gasteiger partial charge in [0.1, 0.15) is 23.7 Å². The number of benzene rings is 3. The van der Waals surface area contributed by atoms with E-state index in [1.165, 1.54) is 0 Å². The zero-order valence-electron chi connectivity index (χ0n) is 26.0. The first-order valence-electron chi connectivity index (χ1n) is 15.6. The number of carbonyl (C=O) groups is 3. The summed E-state index contributed by atoms with van der Waals surface area (Å²) in [6.45, 7) is 4.39. The molecule has 240 valence electrons. The molecule has 1 aromatic heterocycles. The largest absolute Gasteiger partial charge is 0.508 e. The fourth-order valence-electron chi connectivity index (χ4n) is 6.42. The molecule has 2 atom stereocenters. The van der Waals surface area contributed by atoms with Gasteiger partial charge in [0.05, 0.1) is 18.8 Å². The third-order valence-electron chi connectivity index (χ3n) is 8.65. The molecule has 3 amide bonds. The van der Waals surface area contributed by atoms with E-state index in [0.29, 0.717) is 12.1 Å². The van der Waals surface area contributed by atoms with Crippen LogP contribution in [-0.4, -0.2) is 84.6 Å². The van der Waals surface area contributed by atoms with E-state index in [4.69, 9.17) is 0 Å². The molecule has 0 bridgehead atoms. The Morgan fingerprint density at radius 2 is 1.60 bits per heavy atom. The quantitative estimate of drug-likeness (QED) is 0.253. The Morgan fingerprint density at radius 3 is 2.30 bits per heavy atom. The molecule has 3 aromatic carbocycles. The molecular weight excluding hydrogens is 594 g/mol. The summed E-state index contributed by atoms with van der Waals surface area (Å²) in [5.74, 6) is -0.394. The zero-order valence-corrected chi connectivity index (χ0v) is 26.0. The van der Waals surface area contributed by atoms with Gasteiger partial charge >= 0.3 is 0 Å². The molecule has 2 N–H and O–H groups in total. The normalized spacial score (nSPS) is 18.3. The molecule has 10 nitrogen and oxygen atoms in total. The summed E-state index contributed by atoms with van der Waals surface area (Å²) in [5.41, 5.74) is 4.05. The zero-order chi connectivity index (χ0) is 32.9. The summed E-state index contributed by atoms with van der Waals surface area (Å²) in [6, 6.07) is 25.9. The van der Waals surface area contributed by atoms with Gasteiger partial charge in [-0.25, -0.2) is 10.0 Å². The molecule has 6 rings (SSSR count). The number of rotatable bonds is 10. The Kier molecular flexibility index (Phi) is 9.30. The van der Waals surface area contributed by atoms with Crippen LogP contribution in [0.2, 0.25) is 0 Å². The minimum absolute atomic E-state index is 0.0629. The molecule has 2 aliphatic heterocycles. The number of aromatic hydroxyl groups is 2. The molecule has 3 heterocycles. The van der Waals surface area contributed by atoms with E-state index in [2.05, 4.69) is 11.6 Å². The van der Waals surface area contributed by atoms with Gasteiger partial charge in [-0.2, -0.15) is 0 Å². The highest BCUT2D eigenvalue weighted by atomic mass is 16.3. The average Bonchev–Trinajstić information content (AvgIpc) is 3.08. The molecule has 0 spiro atoms. The van der Waals surface area contributed by atoms with Crippen molar-refractivity contribution in [3.05, 3.63) is 127 Å². The lowest BCUT2D eigenvalue weighted by Gasteiger charge is -2.55. The first-order valence-corrected chi connectivity index (χ1v) is 15.6. The van der Waals surface area contributed by atoms with Gasteiger partial charge in [0.15, 0.2) is 0 Å². The van der Waals surface area contributed by atoms with Gasteiger partial charge in [-0.1, -0.05) is 54.6 Å². The summed E-state index contributed by atoms with van der Waals surface area (Å²) < 4.78 is 0. The SMILES string of the molecule is C=CCN1CC(=O)N2[C@@H](Cc3ccc(O)cc3)C(=O)N(Cc3cccnc3-c3ccc(O)cc3)C[C@@H]2N1C(=O)CCc1ccccc1. The van der Waals surface area contributed by atoms with E-state index in [-0.39, 0.29) is 68.2 Å². The summed E-state index contributed by atoms with van der Waals surface area (Å²) in [7, 11) is 0. The van der Waals surface area contributed by atoms with Crippen LogP contribution in [0.15, 0.2) is 110 Å². The van der Waals surface area contributed by atoms with Crippen LogP contribution in [0.1, 0.15) is 23.1 Å². The van der Waals surface area contributed by atoms with Crippen molar-refractivity contribution in [1.82, 2.24) is 24.8 Å². The van der Waals surface area contributed by atoms with Gasteiger partial charge in [0.2, 0.25) is 17.7 Å². The second-order valence-corrected chi connectivity index (χ2v) is 11.8. The molecule has 0 aliphatic carbocycles. The summed E-state index contributed by atoms with van der Waals surface area (Å²) in [4.78, 5) is 50.2. The minimum Gasteiger partial charge on any atom is -0.508 e. The molecule has 2 aliphatic rings. The highest BCUT2D eigenvalue weighted by molar-refractivity contribution is 5.92. The van der Waals surface area contributed by atoms with Crippen LogP contribution in [0.3, 0.4) is 0 Å². The fraction of sp³-hybridized carbons (Fsp3) is 0.243. The van der Waals surface area contributed by atoms with Crippen molar-refractivity contribution in [2.45, 2.75) is 38.0 Å². The number of pyridine rings is 1.